The summed E-state index contributed by atoms with van der Waals surface area (Å²) in [5.41, 5.74) is 3.23. The molecule has 1 aromatic heterocycles. The maximum atomic E-state index is 12.3. The molecule has 0 radical (unpaired) electrons. The Morgan fingerprint density at radius 2 is 1.82 bits per heavy atom. The van der Waals surface area contributed by atoms with Crippen LogP contribution in [0.2, 0.25) is 0 Å². The van der Waals surface area contributed by atoms with Crippen LogP contribution in [0.4, 0.5) is 5.69 Å². The van der Waals surface area contributed by atoms with E-state index in [1.165, 1.54) is 18.3 Å². The van der Waals surface area contributed by atoms with Crippen LogP contribution in [0, 0.1) is 18.3 Å². The molecule has 0 bridgehead atoms. The quantitative estimate of drug-likeness (QED) is 0.659. The number of nitrogens with zero attached hydrogens (tertiary/aromatic N) is 2. The molecule has 1 heterocycles. The SMILES string of the molecule is Cc1ccc(-c2nc(C(=O)O[C@@H](C)C(=O)Nc3ccc(C#N)cc3)cs2)cc1. The normalized spacial score (nSPS) is 11.3. The minimum atomic E-state index is -0.993. The lowest BCUT2D eigenvalue weighted by Crippen LogP contribution is -2.30. The number of esters is 1. The molecule has 7 heteroatoms. The van der Waals surface area contributed by atoms with Crippen molar-refractivity contribution in [2.75, 3.05) is 5.32 Å². The van der Waals surface area contributed by atoms with Crippen molar-refractivity contribution in [3.63, 3.8) is 0 Å². The van der Waals surface area contributed by atoms with Crippen molar-refractivity contribution in [1.82, 2.24) is 4.98 Å². The predicted octanol–water partition coefficient (Wildman–Crippen LogP) is 4.17. The smallest absolute Gasteiger partial charge is 0.358 e. The summed E-state index contributed by atoms with van der Waals surface area (Å²) in [6.07, 6.45) is -0.993. The molecule has 0 saturated heterocycles. The average molecular weight is 391 g/mol. The van der Waals surface area contributed by atoms with Gasteiger partial charge in [0.1, 0.15) is 5.01 Å². The second-order valence-corrected chi connectivity index (χ2v) is 6.99. The number of carbonyl (C=O) groups is 2. The first-order chi connectivity index (χ1) is 13.5. The van der Waals surface area contributed by atoms with E-state index in [9.17, 15) is 9.59 Å². The van der Waals surface area contributed by atoms with Gasteiger partial charge in [0.15, 0.2) is 11.8 Å². The Bertz CT molecular complexity index is 1030. The van der Waals surface area contributed by atoms with Crippen LogP contribution >= 0.6 is 11.3 Å². The summed E-state index contributed by atoms with van der Waals surface area (Å²) in [5, 5.41) is 13.8. The summed E-state index contributed by atoms with van der Waals surface area (Å²) in [6, 6.07) is 16.2. The van der Waals surface area contributed by atoms with Crippen molar-refractivity contribution in [2.24, 2.45) is 0 Å². The Hall–Kier alpha value is -3.50. The second kappa shape index (κ2) is 8.46. The topological polar surface area (TPSA) is 92.1 Å². The summed E-state index contributed by atoms with van der Waals surface area (Å²) in [6.45, 7) is 3.49. The van der Waals surface area contributed by atoms with Gasteiger partial charge in [-0.25, -0.2) is 9.78 Å². The van der Waals surface area contributed by atoms with Crippen LogP contribution in [0.15, 0.2) is 53.9 Å². The van der Waals surface area contributed by atoms with Gasteiger partial charge < -0.3 is 10.1 Å². The molecule has 140 valence electrons. The third-order valence-corrected chi connectivity index (χ3v) is 4.84. The van der Waals surface area contributed by atoms with Gasteiger partial charge in [0, 0.05) is 16.6 Å². The molecule has 0 aliphatic rings. The maximum absolute atomic E-state index is 12.3. The van der Waals surface area contributed by atoms with Crippen LogP contribution in [-0.2, 0) is 9.53 Å². The minimum absolute atomic E-state index is 0.165. The molecule has 1 N–H and O–H groups in total. The fourth-order valence-electron chi connectivity index (χ4n) is 2.34. The Kier molecular flexibility index (Phi) is 5.82. The van der Waals surface area contributed by atoms with Crippen molar-refractivity contribution >= 4 is 28.9 Å². The number of aromatic nitrogens is 1. The lowest BCUT2D eigenvalue weighted by Gasteiger charge is -2.12. The number of carbonyl (C=O) groups excluding carboxylic acids is 2. The molecule has 0 aliphatic heterocycles. The molecule has 0 saturated carbocycles. The number of thiazole rings is 1. The second-order valence-electron chi connectivity index (χ2n) is 6.13. The van der Waals surface area contributed by atoms with Crippen molar-refractivity contribution < 1.29 is 14.3 Å². The van der Waals surface area contributed by atoms with Gasteiger partial charge in [-0.15, -0.1) is 11.3 Å². The van der Waals surface area contributed by atoms with E-state index in [1.807, 2.05) is 37.3 Å². The Morgan fingerprint density at radius 1 is 1.14 bits per heavy atom. The zero-order chi connectivity index (χ0) is 20.1. The first-order valence-corrected chi connectivity index (χ1v) is 9.39. The summed E-state index contributed by atoms with van der Waals surface area (Å²) >= 11 is 1.34. The molecule has 3 aromatic rings. The molecule has 0 aliphatic carbocycles. The van der Waals surface area contributed by atoms with Crippen LogP contribution < -0.4 is 5.32 Å². The predicted molar refractivity (Wildman–Crippen MR) is 107 cm³/mol. The van der Waals surface area contributed by atoms with Crippen LogP contribution in [0.3, 0.4) is 0 Å². The average Bonchev–Trinajstić information content (AvgIpc) is 3.19. The number of hydrogen-bond acceptors (Lipinski definition) is 6. The zero-order valence-corrected chi connectivity index (χ0v) is 16.1. The Morgan fingerprint density at radius 3 is 2.46 bits per heavy atom. The van der Waals surface area contributed by atoms with Gasteiger partial charge in [-0.3, -0.25) is 4.79 Å². The van der Waals surface area contributed by atoms with E-state index in [0.29, 0.717) is 16.3 Å². The zero-order valence-electron chi connectivity index (χ0n) is 15.3. The van der Waals surface area contributed by atoms with Crippen molar-refractivity contribution in [3.05, 3.63) is 70.7 Å². The monoisotopic (exact) mass is 391 g/mol. The molecule has 28 heavy (non-hydrogen) atoms. The largest absolute Gasteiger partial charge is 0.448 e. The van der Waals surface area contributed by atoms with Gasteiger partial charge >= 0.3 is 5.97 Å². The van der Waals surface area contributed by atoms with Gasteiger partial charge in [0.05, 0.1) is 11.6 Å². The molecule has 6 nitrogen and oxygen atoms in total. The first-order valence-electron chi connectivity index (χ1n) is 8.51. The lowest BCUT2D eigenvalue weighted by atomic mass is 10.2. The molecule has 3 rings (SSSR count). The number of benzene rings is 2. The summed E-state index contributed by atoms with van der Waals surface area (Å²) < 4.78 is 5.22. The van der Waals surface area contributed by atoms with Crippen LogP contribution in [-0.4, -0.2) is 23.0 Å². The number of amides is 1. The molecule has 2 aromatic carbocycles. The van der Waals surface area contributed by atoms with E-state index >= 15 is 0 Å². The first kappa shape index (κ1) is 19.3. The summed E-state index contributed by atoms with van der Waals surface area (Å²) in [5.74, 6) is -1.12. The molecule has 0 fully saturated rings. The van der Waals surface area contributed by atoms with E-state index in [4.69, 9.17) is 10.00 Å². The number of nitrogens with one attached hydrogen (secondary N) is 1. The number of anilines is 1. The number of ether oxygens (including phenoxy) is 1. The molecular formula is C21H17N3O3S. The highest BCUT2D eigenvalue weighted by Crippen LogP contribution is 2.24. The molecule has 0 spiro atoms. The molecule has 1 atom stereocenters. The third-order valence-electron chi connectivity index (χ3n) is 3.95. The highest BCUT2D eigenvalue weighted by molar-refractivity contribution is 7.13. The Balaban J connectivity index is 1.61. The van der Waals surface area contributed by atoms with E-state index in [2.05, 4.69) is 10.3 Å². The van der Waals surface area contributed by atoms with Crippen molar-refractivity contribution in [3.8, 4) is 16.6 Å². The number of rotatable bonds is 5. The van der Waals surface area contributed by atoms with E-state index < -0.39 is 18.0 Å². The fraction of sp³-hybridized carbons (Fsp3) is 0.143. The molecule has 1 amide bonds. The minimum Gasteiger partial charge on any atom is -0.448 e. The molecule has 0 unspecified atom stereocenters. The van der Waals surface area contributed by atoms with Crippen molar-refractivity contribution in [2.45, 2.75) is 20.0 Å². The van der Waals surface area contributed by atoms with Crippen LogP contribution in [0.25, 0.3) is 10.6 Å². The van der Waals surface area contributed by atoms with Gasteiger partial charge in [0.25, 0.3) is 5.91 Å². The number of nitriles is 1. The standard InChI is InChI=1S/C21H17N3O3S/c1-13-3-7-16(8-4-13)20-24-18(12-28-20)21(26)27-14(2)19(25)23-17-9-5-15(11-22)6-10-17/h3-10,12,14H,1-2H3,(H,23,25)/t14-/m0/s1. The number of hydrogen-bond donors (Lipinski definition) is 1. The highest BCUT2D eigenvalue weighted by Gasteiger charge is 2.21. The Labute approximate surface area is 166 Å². The van der Waals surface area contributed by atoms with E-state index in [-0.39, 0.29) is 5.69 Å². The van der Waals surface area contributed by atoms with Crippen LogP contribution in [0.1, 0.15) is 28.5 Å². The molecular weight excluding hydrogens is 374 g/mol. The summed E-state index contributed by atoms with van der Waals surface area (Å²) in [4.78, 5) is 28.8. The van der Waals surface area contributed by atoms with Gasteiger partial charge in [-0.2, -0.15) is 5.26 Å². The fourth-order valence-corrected chi connectivity index (χ4v) is 3.14. The third kappa shape index (κ3) is 4.61. The lowest BCUT2D eigenvalue weighted by molar-refractivity contribution is -0.123. The van der Waals surface area contributed by atoms with Gasteiger partial charge in [-0.1, -0.05) is 29.8 Å². The van der Waals surface area contributed by atoms with E-state index in [1.54, 1.807) is 29.6 Å². The van der Waals surface area contributed by atoms with E-state index in [0.717, 1.165) is 11.1 Å². The number of aryl methyl sites for hydroxylation is 1. The van der Waals surface area contributed by atoms with Gasteiger partial charge in [-0.05, 0) is 38.1 Å². The van der Waals surface area contributed by atoms with Crippen molar-refractivity contribution in [1.29, 1.82) is 5.26 Å². The van der Waals surface area contributed by atoms with Gasteiger partial charge in [0.2, 0.25) is 0 Å². The maximum Gasteiger partial charge on any atom is 0.358 e. The summed E-state index contributed by atoms with van der Waals surface area (Å²) in [7, 11) is 0. The van der Waals surface area contributed by atoms with Crippen LogP contribution in [0.5, 0.6) is 0 Å². The highest BCUT2D eigenvalue weighted by atomic mass is 32.1.